The average Bonchev–Trinajstić information content (AvgIpc) is 2.86. The topological polar surface area (TPSA) is 22.1 Å². The molecule has 0 aliphatic rings. The predicted molar refractivity (Wildman–Crippen MR) is 90.4 cm³/mol. The van der Waals surface area contributed by atoms with E-state index in [-0.39, 0.29) is 5.41 Å². The van der Waals surface area contributed by atoms with Crippen LogP contribution in [-0.2, 0) is 12.0 Å². The Bertz CT molecular complexity index is 608. The van der Waals surface area contributed by atoms with Gasteiger partial charge in [-0.2, -0.15) is 0 Å². The Balaban J connectivity index is 2.09. The first-order valence-electron chi connectivity index (χ1n) is 7.45. The third kappa shape index (κ3) is 4.07. The van der Waals surface area contributed by atoms with Crippen LogP contribution in [-0.4, -0.2) is 4.98 Å². The predicted octanol–water partition coefficient (Wildman–Crippen LogP) is 5.45. The summed E-state index contributed by atoms with van der Waals surface area (Å²) in [5.41, 5.74) is 3.72. The summed E-state index contributed by atoms with van der Waals surface area (Å²) in [5, 5.41) is 3.17. The molecule has 3 heteroatoms. The number of benzene rings is 1. The van der Waals surface area contributed by atoms with Crippen LogP contribution < -0.4 is 4.74 Å². The van der Waals surface area contributed by atoms with Crippen molar-refractivity contribution in [2.45, 2.75) is 59.5 Å². The lowest BCUT2D eigenvalue weighted by molar-refractivity contribution is 0.302. The van der Waals surface area contributed by atoms with E-state index in [2.05, 4.69) is 70.1 Å². The molecule has 0 aliphatic heterocycles. The van der Waals surface area contributed by atoms with Crippen LogP contribution in [0.2, 0.25) is 0 Å². The molecule has 0 unspecified atom stereocenters. The quantitative estimate of drug-likeness (QED) is 0.749. The van der Waals surface area contributed by atoms with E-state index >= 15 is 0 Å². The van der Waals surface area contributed by atoms with Crippen LogP contribution in [0.3, 0.4) is 0 Å². The first-order valence-corrected chi connectivity index (χ1v) is 8.33. The number of hydrogen-bond acceptors (Lipinski definition) is 3. The molecule has 0 radical (unpaired) electrons. The molecule has 0 saturated heterocycles. The molecule has 114 valence electrons. The largest absolute Gasteiger partial charge is 0.486 e. The number of hydrogen-bond donors (Lipinski definition) is 0. The zero-order chi connectivity index (χ0) is 15.6. The van der Waals surface area contributed by atoms with Gasteiger partial charge >= 0.3 is 0 Å². The second-order valence-corrected chi connectivity index (χ2v) is 7.79. The first kappa shape index (κ1) is 16.0. The highest BCUT2D eigenvalue weighted by molar-refractivity contribution is 7.09. The van der Waals surface area contributed by atoms with E-state index in [4.69, 9.17) is 4.74 Å². The molecule has 1 aromatic carbocycles. The number of ether oxygens (including phenoxy) is 1. The summed E-state index contributed by atoms with van der Waals surface area (Å²) in [6, 6.07) is 6.46. The van der Waals surface area contributed by atoms with Crippen molar-refractivity contribution in [2.75, 3.05) is 0 Å². The monoisotopic (exact) mass is 303 g/mol. The van der Waals surface area contributed by atoms with Crippen LogP contribution >= 0.6 is 11.3 Å². The molecule has 0 aliphatic carbocycles. The Morgan fingerprint density at radius 2 is 1.95 bits per heavy atom. The van der Waals surface area contributed by atoms with E-state index in [9.17, 15) is 0 Å². The molecule has 0 spiro atoms. The van der Waals surface area contributed by atoms with E-state index in [1.807, 2.05) is 0 Å². The van der Waals surface area contributed by atoms with Crippen molar-refractivity contribution < 1.29 is 4.74 Å². The van der Waals surface area contributed by atoms with Gasteiger partial charge in [0.2, 0.25) is 0 Å². The Hall–Kier alpha value is -1.35. The third-order valence-corrected chi connectivity index (χ3v) is 4.37. The minimum absolute atomic E-state index is 0.0994. The zero-order valence-corrected chi connectivity index (χ0v) is 14.7. The van der Waals surface area contributed by atoms with Crippen LogP contribution in [0.1, 0.15) is 62.4 Å². The Labute approximate surface area is 132 Å². The molecule has 1 heterocycles. The van der Waals surface area contributed by atoms with E-state index in [0.29, 0.717) is 12.5 Å². The summed E-state index contributed by atoms with van der Waals surface area (Å²) < 4.78 is 5.99. The van der Waals surface area contributed by atoms with Gasteiger partial charge in [-0.05, 0) is 30.0 Å². The van der Waals surface area contributed by atoms with Crippen molar-refractivity contribution >= 4 is 11.3 Å². The molecule has 21 heavy (non-hydrogen) atoms. The van der Waals surface area contributed by atoms with Gasteiger partial charge in [0, 0.05) is 10.8 Å². The van der Waals surface area contributed by atoms with E-state index in [1.165, 1.54) is 11.1 Å². The molecule has 0 bridgehead atoms. The van der Waals surface area contributed by atoms with Gasteiger partial charge in [-0.1, -0.05) is 46.8 Å². The third-order valence-electron chi connectivity index (χ3n) is 3.55. The van der Waals surface area contributed by atoms with Crippen LogP contribution in [0.25, 0.3) is 0 Å². The summed E-state index contributed by atoms with van der Waals surface area (Å²) in [7, 11) is 0. The maximum Gasteiger partial charge on any atom is 0.140 e. The maximum atomic E-state index is 5.99. The number of rotatable bonds is 4. The molecule has 0 fully saturated rings. The van der Waals surface area contributed by atoms with Crippen molar-refractivity contribution in [3.63, 3.8) is 0 Å². The molecular formula is C18H25NOS. The number of aryl methyl sites for hydroxylation is 1. The molecule has 0 atom stereocenters. The summed E-state index contributed by atoms with van der Waals surface area (Å²) in [4.78, 5) is 4.68. The van der Waals surface area contributed by atoms with Crippen molar-refractivity contribution in [1.82, 2.24) is 4.98 Å². The van der Waals surface area contributed by atoms with Crippen molar-refractivity contribution in [2.24, 2.45) is 0 Å². The smallest absolute Gasteiger partial charge is 0.140 e. The summed E-state index contributed by atoms with van der Waals surface area (Å²) in [6.45, 7) is 13.6. The Kier molecular flexibility index (Phi) is 4.72. The van der Waals surface area contributed by atoms with Crippen LogP contribution in [0, 0.1) is 6.92 Å². The first-order chi connectivity index (χ1) is 9.77. The molecule has 0 amide bonds. The minimum Gasteiger partial charge on any atom is -0.486 e. The number of thiazole rings is 1. The second kappa shape index (κ2) is 6.18. The highest BCUT2D eigenvalue weighted by Gasteiger charge is 2.17. The Morgan fingerprint density at radius 3 is 2.52 bits per heavy atom. The molecular weight excluding hydrogens is 278 g/mol. The molecule has 2 rings (SSSR count). The van der Waals surface area contributed by atoms with E-state index in [0.717, 1.165) is 16.5 Å². The summed E-state index contributed by atoms with van der Waals surface area (Å²) >= 11 is 1.68. The zero-order valence-electron chi connectivity index (χ0n) is 13.9. The molecule has 0 N–H and O–H groups in total. The lowest BCUT2D eigenvalue weighted by Crippen LogP contribution is -2.11. The molecule has 0 saturated carbocycles. The van der Waals surface area contributed by atoms with Gasteiger partial charge in [-0.25, -0.2) is 4.98 Å². The highest BCUT2D eigenvalue weighted by Crippen LogP contribution is 2.27. The SMILES string of the molecule is Cc1ccc(C(C)C)cc1OCc1nc(C(C)(C)C)cs1. The molecule has 2 aromatic rings. The second-order valence-electron chi connectivity index (χ2n) is 6.84. The average molecular weight is 303 g/mol. The number of aromatic nitrogens is 1. The molecule has 2 nitrogen and oxygen atoms in total. The van der Waals surface area contributed by atoms with Gasteiger partial charge in [0.05, 0.1) is 5.69 Å². The Morgan fingerprint density at radius 1 is 1.24 bits per heavy atom. The van der Waals surface area contributed by atoms with Crippen molar-refractivity contribution in [3.05, 3.63) is 45.4 Å². The van der Waals surface area contributed by atoms with Gasteiger partial charge in [-0.15, -0.1) is 11.3 Å². The number of nitrogens with zero attached hydrogens (tertiary/aromatic N) is 1. The van der Waals surface area contributed by atoms with Crippen LogP contribution in [0.4, 0.5) is 0 Å². The lowest BCUT2D eigenvalue weighted by Gasteiger charge is -2.14. The highest BCUT2D eigenvalue weighted by atomic mass is 32.1. The fraction of sp³-hybridized carbons (Fsp3) is 0.500. The maximum absolute atomic E-state index is 5.99. The van der Waals surface area contributed by atoms with Crippen LogP contribution in [0.5, 0.6) is 5.75 Å². The van der Waals surface area contributed by atoms with Gasteiger partial charge < -0.3 is 4.74 Å². The van der Waals surface area contributed by atoms with Gasteiger partial charge in [-0.3, -0.25) is 0 Å². The standard InChI is InChI=1S/C18H25NOS/c1-12(2)14-8-7-13(3)15(9-14)20-10-17-19-16(11-21-17)18(4,5)6/h7-9,11-12H,10H2,1-6H3. The van der Waals surface area contributed by atoms with Crippen molar-refractivity contribution in [1.29, 1.82) is 0 Å². The van der Waals surface area contributed by atoms with Gasteiger partial charge in [0.25, 0.3) is 0 Å². The minimum atomic E-state index is 0.0994. The van der Waals surface area contributed by atoms with Crippen molar-refractivity contribution in [3.8, 4) is 5.75 Å². The molecule has 1 aromatic heterocycles. The van der Waals surface area contributed by atoms with Gasteiger partial charge in [0.1, 0.15) is 17.4 Å². The van der Waals surface area contributed by atoms with E-state index < -0.39 is 0 Å². The van der Waals surface area contributed by atoms with Gasteiger partial charge in [0.15, 0.2) is 0 Å². The normalized spacial score (nSPS) is 12.0. The fourth-order valence-electron chi connectivity index (χ4n) is 1.99. The fourth-order valence-corrected chi connectivity index (χ4v) is 2.92. The summed E-state index contributed by atoms with van der Waals surface area (Å²) in [6.07, 6.45) is 0. The van der Waals surface area contributed by atoms with E-state index in [1.54, 1.807) is 11.3 Å². The van der Waals surface area contributed by atoms with Crippen LogP contribution in [0.15, 0.2) is 23.6 Å². The summed E-state index contributed by atoms with van der Waals surface area (Å²) in [5.74, 6) is 1.48. The lowest BCUT2D eigenvalue weighted by atomic mass is 9.93.